The molecule has 28 heavy (non-hydrogen) atoms. The first kappa shape index (κ1) is 22.7. The maximum absolute atomic E-state index is 11.7. The standard InChI is InChI=1S/C24H38O4/c1-16(11-14-27-18(3)25)9-10-20-17(2)21(28-19(4)26)15-22-23(5,6)12-8-13-24(20,22)7/h11,21-22H,8-10,12-15H2,1-7H3/b16-11+/t21-,22+,24-/m0/s1. The van der Waals surface area contributed by atoms with Gasteiger partial charge in [-0.15, -0.1) is 0 Å². The molecule has 1 fully saturated rings. The van der Waals surface area contributed by atoms with Gasteiger partial charge in [-0.05, 0) is 74.3 Å². The van der Waals surface area contributed by atoms with Gasteiger partial charge in [-0.3, -0.25) is 9.59 Å². The molecule has 0 heterocycles. The van der Waals surface area contributed by atoms with E-state index in [1.807, 2.05) is 6.08 Å². The minimum atomic E-state index is -0.251. The first-order chi connectivity index (χ1) is 13.0. The molecule has 2 aliphatic rings. The smallest absolute Gasteiger partial charge is 0.303 e. The highest BCUT2D eigenvalue weighted by molar-refractivity contribution is 5.66. The maximum Gasteiger partial charge on any atom is 0.303 e. The number of hydrogen-bond donors (Lipinski definition) is 0. The summed E-state index contributed by atoms with van der Waals surface area (Å²) in [6.07, 6.45) is 8.40. The van der Waals surface area contributed by atoms with Crippen LogP contribution in [0.25, 0.3) is 0 Å². The normalized spacial score (nSPS) is 29.9. The van der Waals surface area contributed by atoms with Crippen molar-refractivity contribution in [2.45, 2.75) is 93.1 Å². The second-order valence-electron chi connectivity index (χ2n) is 9.66. The van der Waals surface area contributed by atoms with Gasteiger partial charge in [0.25, 0.3) is 0 Å². The van der Waals surface area contributed by atoms with Crippen LogP contribution in [-0.2, 0) is 19.1 Å². The monoisotopic (exact) mass is 390 g/mol. The SMILES string of the molecule is CC(=O)OC/C=C(\C)CCC1=C(C)[C@@H](OC(C)=O)C[C@@H]2C(C)(C)CCC[C@@]12C. The Bertz CT molecular complexity index is 670. The minimum absolute atomic E-state index is 0.103. The van der Waals surface area contributed by atoms with Crippen LogP contribution in [0.2, 0.25) is 0 Å². The molecule has 0 aromatic rings. The van der Waals surface area contributed by atoms with Crippen LogP contribution >= 0.6 is 0 Å². The molecule has 4 heteroatoms. The lowest BCUT2D eigenvalue weighted by Gasteiger charge is -2.56. The number of rotatable bonds is 6. The molecule has 0 aromatic carbocycles. The van der Waals surface area contributed by atoms with Gasteiger partial charge < -0.3 is 9.47 Å². The number of ether oxygens (including phenoxy) is 2. The lowest BCUT2D eigenvalue weighted by Crippen LogP contribution is -2.49. The topological polar surface area (TPSA) is 52.6 Å². The largest absolute Gasteiger partial charge is 0.462 e. The van der Waals surface area contributed by atoms with E-state index in [0.717, 1.165) is 19.3 Å². The zero-order valence-electron chi connectivity index (χ0n) is 18.8. The average Bonchev–Trinajstić information content (AvgIpc) is 2.55. The van der Waals surface area contributed by atoms with Crippen molar-refractivity contribution in [1.29, 1.82) is 0 Å². The molecule has 0 spiro atoms. The predicted molar refractivity (Wildman–Crippen MR) is 112 cm³/mol. The Morgan fingerprint density at radius 1 is 1.11 bits per heavy atom. The average molecular weight is 391 g/mol. The fourth-order valence-corrected chi connectivity index (χ4v) is 5.64. The predicted octanol–water partition coefficient (Wildman–Crippen LogP) is 5.76. The number of esters is 2. The summed E-state index contributed by atoms with van der Waals surface area (Å²) in [6.45, 7) is 14.7. The van der Waals surface area contributed by atoms with E-state index in [1.54, 1.807) is 0 Å². The van der Waals surface area contributed by atoms with Gasteiger partial charge in [0, 0.05) is 13.8 Å². The Morgan fingerprint density at radius 2 is 1.79 bits per heavy atom. The van der Waals surface area contributed by atoms with Crippen molar-refractivity contribution in [3.05, 3.63) is 22.8 Å². The summed E-state index contributed by atoms with van der Waals surface area (Å²) in [4.78, 5) is 22.7. The zero-order valence-corrected chi connectivity index (χ0v) is 18.8. The Labute approximate surface area is 170 Å². The van der Waals surface area contributed by atoms with Crippen LogP contribution in [0.3, 0.4) is 0 Å². The molecule has 2 rings (SSSR count). The molecule has 0 amide bonds. The molecule has 0 aliphatic heterocycles. The van der Waals surface area contributed by atoms with Crippen LogP contribution < -0.4 is 0 Å². The molecule has 0 aromatic heterocycles. The van der Waals surface area contributed by atoms with Crippen molar-refractivity contribution in [2.24, 2.45) is 16.7 Å². The van der Waals surface area contributed by atoms with E-state index < -0.39 is 0 Å². The van der Waals surface area contributed by atoms with Gasteiger partial charge in [0.05, 0.1) is 0 Å². The number of hydrogen-bond acceptors (Lipinski definition) is 4. The van der Waals surface area contributed by atoms with Gasteiger partial charge in [-0.1, -0.05) is 38.3 Å². The second kappa shape index (κ2) is 8.84. The molecule has 0 radical (unpaired) electrons. The Hall–Kier alpha value is -1.58. The summed E-state index contributed by atoms with van der Waals surface area (Å²) in [5.41, 5.74) is 4.37. The molecule has 0 saturated heterocycles. The Morgan fingerprint density at radius 3 is 2.39 bits per heavy atom. The highest BCUT2D eigenvalue weighted by atomic mass is 16.5. The van der Waals surface area contributed by atoms with Crippen molar-refractivity contribution in [2.75, 3.05) is 6.61 Å². The molecule has 158 valence electrons. The van der Waals surface area contributed by atoms with Gasteiger partial charge in [0.1, 0.15) is 12.7 Å². The van der Waals surface area contributed by atoms with E-state index in [1.165, 1.54) is 49.8 Å². The summed E-state index contributed by atoms with van der Waals surface area (Å²) in [5, 5.41) is 0. The molecular formula is C24H38O4. The number of fused-ring (bicyclic) bond motifs is 1. The van der Waals surface area contributed by atoms with Crippen molar-refractivity contribution in [3.63, 3.8) is 0 Å². The van der Waals surface area contributed by atoms with E-state index in [-0.39, 0.29) is 28.9 Å². The van der Waals surface area contributed by atoms with Gasteiger partial charge in [0.2, 0.25) is 0 Å². The molecular weight excluding hydrogens is 352 g/mol. The third-order valence-electron chi connectivity index (χ3n) is 7.12. The number of allylic oxidation sites excluding steroid dienone is 2. The third-order valence-corrected chi connectivity index (χ3v) is 7.12. The highest BCUT2D eigenvalue weighted by Crippen LogP contribution is 2.60. The van der Waals surface area contributed by atoms with Crippen LogP contribution in [0.5, 0.6) is 0 Å². The molecule has 0 bridgehead atoms. The van der Waals surface area contributed by atoms with Crippen LogP contribution in [0.4, 0.5) is 0 Å². The van der Waals surface area contributed by atoms with Crippen LogP contribution in [0.15, 0.2) is 22.8 Å². The van der Waals surface area contributed by atoms with E-state index in [4.69, 9.17) is 9.47 Å². The summed E-state index contributed by atoms with van der Waals surface area (Å²) < 4.78 is 10.8. The molecule has 2 aliphatic carbocycles. The van der Waals surface area contributed by atoms with E-state index in [2.05, 4.69) is 34.6 Å². The van der Waals surface area contributed by atoms with E-state index in [9.17, 15) is 9.59 Å². The Balaban J connectivity index is 2.28. The summed E-state index contributed by atoms with van der Waals surface area (Å²) in [6, 6.07) is 0. The first-order valence-corrected chi connectivity index (χ1v) is 10.6. The lowest BCUT2D eigenvalue weighted by molar-refractivity contribution is -0.148. The van der Waals surface area contributed by atoms with Gasteiger partial charge in [-0.25, -0.2) is 0 Å². The van der Waals surface area contributed by atoms with Crippen molar-refractivity contribution >= 4 is 11.9 Å². The number of carbonyl (C=O) groups is 2. The van der Waals surface area contributed by atoms with Crippen molar-refractivity contribution < 1.29 is 19.1 Å². The maximum atomic E-state index is 11.7. The number of carbonyl (C=O) groups excluding carboxylic acids is 2. The summed E-state index contributed by atoms with van der Waals surface area (Å²) in [7, 11) is 0. The fraction of sp³-hybridized carbons (Fsp3) is 0.750. The summed E-state index contributed by atoms with van der Waals surface area (Å²) in [5.74, 6) is 0.0689. The van der Waals surface area contributed by atoms with E-state index >= 15 is 0 Å². The molecule has 3 atom stereocenters. The lowest BCUT2D eigenvalue weighted by atomic mass is 9.49. The molecule has 0 unspecified atom stereocenters. The van der Waals surface area contributed by atoms with Gasteiger partial charge >= 0.3 is 11.9 Å². The molecule has 0 N–H and O–H groups in total. The summed E-state index contributed by atoms with van der Waals surface area (Å²) >= 11 is 0. The molecule has 4 nitrogen and oxygen atoms in total. The van der Waals surface area contributed by atoms with Gasteiger partial charge in [-0.2, -0.15) is 0 Å². The second-order valence-corrected chi connectivity index (χ2v) is 9.66. The van der Waals surface area contributed by atoms with Crippen LogP contribution in [0.1, 0.15) is 87.0 Å². The highest BCUT2D eigenvalue weighted by Gasteiger charge is 2.52. The Kier molecular flexibility index (Phi) is 7.17. The van der Waals surface area contributed by atoms with Crippen molar-refractivity contribution in [1.82, 2.24) is 0 Å². The van der Waals surface area contributed by atoms with Gasteiger partial charge in [0.15, 0.2) is 0 Å². The zero-order chi connectivity index (χ0) is 21.1. The van der Waals surface area contributed by atoms with E-state index in [0.29, 0.717) is 12.5 Å². The quantitative estimate of drug-likeness (QED) is 0.427. The molecule has 1 saturated carbocycles. The first-order valence-electron chi connectivity index (χ1n) is 10.6. The fourth-order valence-electron chi connectivity index (χ4n) is 5.64. The van der Waals surface area contributed by atoms with Crippen LogP contribution in [0, 0.1) is 16.7 Å². The van der Waals surface area contributed by atoms with Crippen LogP contribution in [-0.4, -0.2) is 24.6 Å². The van der Waals surface area contributed by atoms with Crippen molar-refractivity contribution in [3.8, 4) is 0 Å². The third kappa shape index (κ3) is 5.07. The minimum Gasteiger partial charge on any atom is -0.462 e.